The van der Waals surface area contributed by atoms with Crippen LogP contribution in [0.15, 0.2) is 29.0 Å². The van der Waals surface area contributed by atoms with Crippen LogP contribution in [0, 0.1) is 0 Å². The van der Waals surface area contributed by atoms with Crippen molar-refractivity contribution in [1.82, 2.24) is 15.8 Å². The van der Waals surface area contributed by atoms with Gasteiger partial charge in [0.2, 0.25) is 0 Å². The van der Waals surface area contributed by atoms with Crippen molar-refractivity contribution in [3.05, 3.63) is 41.3 Å². The van der Waals surface area contributed by atoms with Gasteiger partial charge in [0.1, 0.15) is 6.26 Å². The van der Waals surface area contributed by atoms with Gasteiger partial charge in [0.15, 0.2) is 5.69 Å². The quantitative estimate of drug-likeness (QED) is 0.892. The summed E-state index contributed by atoms with van der Waals surface area (Å²) in [5, 5.41) is 9.92. The number of carbonyl (C=O) groups excluding carboxylic acids is 1. The van der Waals surface area contributed by atoms with E-state index in [1.807, 2.05) is 13.0 Å². The predicted octanol–water partition coefficient (Wildman–Crippen LogP) is 1.74. The van der Waals surface area contributed by atoms with Crippen molar-refractivity contribution in [3.63, 3.8) is 0 Å². The lowest BCUT2D eigenvalue weighted by molar-refractivity contribution is 0.0947. The van der Waals surface area contributed by atoms with Gasteiger partial charge in [0.25, 0.3) is 5.91 Å². The molecule has 5 heteroatoms. The third-order valence-electron chi connectivity index (χ3n) is 3.53. The zero-order valence-electron chi connectivity index (χ0n) is 11.4. The SMILES string of the molecule is CCNC(=O)c1nocc1-c1ccc2c(c1)CCNC2. The number of nitrogens with zero attached hydrogens (tertiary/aromatic N) is 1. The van der Waals surface area contributed by atoms with Gasteiger partial charge in [-0.05, 0) is 36.6 Å². The van der Waals surface area contributed by atoms with Crippen LogP contribution >= 0.6 is 0 Å². The Morgan fingerprint density at radius 2 is 2.35 bits per heavy atom. The molecule has 0 aliphatic carbocycles. The summed E-state index contributed by atoms with van der Waals surface area (Å²) < 4.78 is 4.99. The van der Waals surface area contributed by atoms with E-state index in [0.29, 0.717) is 12.2 Å². The Kier molecular flexibility index (Phi) is 3.52. The molecule has 0 saturated heterocycles. The first-order chi connectivity index (χ1) is 9.79. The Balaban J connectivity index is 1.97. The molecule has 1 amide bonds. The fourth-order valence-electron chi connectivity index (χ4n) is 2.49. The minimum Gasteiger partial charge on any atom is -0.363 e. The Bertz CT molecular complexity index is 634. The van der Waals surface area contributed by atoms with Gasteiger partial charge in [-0.3, -0.25) is 4.79 Å². The third-order valence-corrected chi connectivity index (χ3v) is 3.53. The molecule has 2 aromatic rings. The normalized spacial score (nSPS) is 13.8. The summed E-state index contributed by atoms with van der Waals surface area (Å²) in [5.41, 5.74) is 4.71. The molecule has 0 saturated carbocycles. The molecular weight excluding hydrogens is 254 g/mol. The van der Waals surface area contributed by atoms with Crippen molar-refractivity contribution in [2.75, 3.05) is 13.1 Å². The summed E-state index contributed by atoms with van der Waals surface area (Å²) in [7, 11) is 0. The van der Waals surface area contributed by atoms with E-state index in [1.54, 1.807) is 0 Å². The molecule has 1 aliphatic rings. The van der Waals surface area contributed by atoms with Crippen molar-refractivity contribution in [1.29, 1.82) is 0 Å². The molecule has 5 nitrogen and oxygen atoms in total. The largest absolute Gasteiger partial charge is 0.363 e. The highest BCUT2D eigenvalue weighted by Gasteiger charge is 2.18. The number of hydrogen-bond donors (Lipinski definition) is 2. The van der Waals surface area contributed by atoms with Crippen LogP contribution < -0.4 is 10.6 Å². The highest BCUT2D eigenvalue weighted by molar-refractivity contribution is 5.98. The lowest BCUT2D eigenvalue weighted by atomic mass is 9.95. The van der Waals surface area contributed by atoms with Crippen molar-refractivity contribution in [3.8, 4) is 11.1 Å². The zero-order chi connectivity index (χ0) is 13.9. The summed E-state index contributed by atoms with van der Waals surface area (Å²) in [6.07, 6.45) is 2.54. The lowest BCUT2D eigenvalue weighted by Crippen LogP contribution is -2.24. The van der Waals surface area contributed by atoms with Crippen LogP contribution in [0.3, 0.4) is 0 Å². The molecule has 0 bridgehead atoms. The summed E-state index contributed by atoms with van der Waals surface area (Å²) in [6.45, 7) is 4.34. The molecule has 104 valence electrons. The molecule has 0 unspecified atom stereocenters. The van der Waals surface area contributed by atoms with Gasteiger partial charge in [-0.25, -0.2) is 0 Å². The molecule has 3 rings (SSSR count). The molecule has 1 aromatic carbocycles. The standard InChI is InChI=1S/C15H17N3O2/c1-2-17-15(19)14-13(9-20-18-14)11-3-4-12-8-16-6-5-10(12)7-11/h3-4,7,9,16H,2,5-6,8H2,1H3,(H,17,19). The molecule has 1 aromatic heterocycles. The van der Waals surface area contributed by atoms with Gasteiger partial charge >= 0.3 is 0 Å². The monoisotopic (exact) mass is 271 g/mol. The van der Waals surface area contributed by atoms with Crippen molar-refractivity contribution in [2.24, 2.45) is 0 Å². The van der Waals surface area contributed by atoms with E-state index in [1.165, 1.54) is 17.4 Å². The Morgan fingerprint density at radius 3 is 3.20 bits per heavy atom. The number of nitrogens with one attached hydrogen (secondary N) is 2. The Morgan fingerprint density at radius 1 is 1.45 bits per heavy atom. The van der Waals surface area contributed by atoms with E-state index in [0.717, 1.165) is 30.6 Å². The van der Waals surface area contributed by atoms with Crippen LogP contribution in [0.2, 0.25) is 0 Å². The average Bonchev–Trinajstić information content (AvgIpc) is 2.96. The molecule has 0 radical (unpaired) electrons. The van der Waals surface area contributed by atoms with Crippen molar-refractivity contribution >= 4 is 5.91 Å². The predicted molar refractivity (Wildman–Crippen MR) is 75.4 cm³/mol. The number of hydrogen-bond acceptors (Lipinski definition) is 4. The number of fused-ring (bicyclic) bond motifs is 1. The highest BCUT2D eigenvalue weighted by atomic mass is 16.5. The Hall–Kier alpha value is -2.14. The number of benzene rings is 1. The molecule has 2 heterocycles. The summed E-state index contributed by atoms with van der Waals surface area (Å²) in [4.78, 5) is 11.9. The first kappa shape index (κ1) is 12.9. The minimum atomic E-state index is -0.198. The topological polar surface area (TPSA) is 67.2 Å². The maximum Gasteiger partial charge on any atom is 0.274 e. The molecule has 2 N–H and O–H groups in total. The van der Waals surface area contributed by atoms with Crippen molar-refractivity contribution < 1.29 is 9.32 Å². The molecule has 0 spiro atoms. The molecule has 1 aliphatic heterocycles. The maximum atomic E-state index is 11.9. The van der Waals surface area contributed by atoms with E-state index in [4.69, 9.17) is 4.52 Å². The van der Waals surface area contributed by atoms with Crippen molar-refractivity contribution in [2.45, 2.75) is 19.9 Å². The van der Waals surface area contributed by atoms with Gasteiger partial charge in [0, 0.05) is 13.1 Å². The van der Waals surface area contributed by atoms with E-state index >= 15 is 0 Å². The molecule has 20 heavy (non-hydrogen) atoms. The molecule has 0 fully saturated rings. The summed E-state index contributed by atoms with van der Waals surface area (Å²) >= 11 is 0. The smallest absolute Gasteiger partial charge is 0.274 e. The average molecular weight is 271 g/mol. The fourth-order valence-corrected chi connectivity index (χ4v) is 2.49. The first-order valence-electron chi connectivity index (χ1n) is 6.85. The van der Waals surface area contributed by atoms with Crippen LogP contribution in [0.5, 0.6) is 0 Å². The van der Waals surface area contributed by atoms with Crippen LogP contribution in [-0.4, -0.2) is 24.2 Å². The number of carbonyl (C=O) groups is 1. The van der Waals surface area contributed by atoms with Gasteiger partial charge in [-0.1, -0.05) is 23.4 Å². The highest BCUT2D eigenvalue weighted by Crippen LogP contribution is 2.26. The number of aromatic nitrogens is 1. The fraction of sp³-hybridized carbons (Fsp3) is 0.333. The second kappa shape index (κ2) is 5.46. The van der Waals surface area contributed by atoms with Gasteiger partial charge < -0.3 is 15.2 Å². The second-order valence-corrected chi connectivity index (χ2v) is 4.85. The lowest BCUT2D eigenvalue weighted by Gasteiger charge is -2.17. The van der Waals surface area contributed by atoms with Crippen LogP contribution in [-0.2, 0) is 13.0 Å². The summed E-state index contributed by atoms with van der Waals surface area (Å²) in [6, 6.07) is 6.25. The second-order valence-electron chi connectivity index (χ2n) is 4.85. The van der Waals surface area contributed by atoms with Crippen LogP contribution in [0.25, 0.3) is 11.1 Å². The van der Waals surface area contributed by atoms with Gasteiger partial charge in [-0.15, -0.1) is 0 Å². The molecule has 0 atom stereocenters. The first-order valence-corrected chi connectivity index (χ1v) is 6.85. The van der Waals surface area contributed by atoms with Crippen LogP contribution in [0.1, 0.15) is 28.5 Å². The summed E-state index contributed by atoms with van der Waals surface area (Å²) in [5.74, 6) is -0.198. The van der Waals surface area contributed by atoms with Crippen LogP contribution in [0.4, 0.5) is 0 Å². The number of rotatable bonds is 3. The maximum absolute atomic E-state index is 11.9. The van der Waals surface area contributed by atoms with E-state index < -0.39 is 0 Å². The zero-order valence-corrected chi connectivity index (χ0v) is 11.4. The Labute approximate surface area is 117 Å². The van der Waals surface area contributed by atoms with Gasteiger partial charge in [-0.2, -0.15) is 0 Å². The van der Waals surface area contributed by atoms with E-state index in [-0.39, 0.29) is 5.91 Å². The van der Waals surface area contributed by atoms with Gasteiger partial charge in [0.05, 0.1) is 5.56 Å². The number of amides is 1. The minimum absolute atomic E-state index is 0.198. The van der Waals surface area contributed by atoms with E-state index in [9.17, 15) is 4.79 Å². The molecular formula is C15H17N3O2. The van der Waals surface area contributed by atoms with E-state index in [2.05, 4.69) is 27.9 Å². The third kappa shape index (κ3) is 2.32.